The Kier molecular flexibility index (Phi) is 5.14. The van der Waals surface area contributed by atoms with Gasteiger partial charge in [0.1, 0.15) is 0 Å². The van der Waals surface area contributed by atoms with Crippen molar-refractivity contribution >= 4 is 17.2 Å². The van der Waals surface area contributed by atoms with Crippen LogP contribution in [0.2, 0.25) is 0 Å². The summed E-state index contributed by atoms with van der Waals surface area (Å²) in [5, 5.41) is 3.48. The molecule has 2 aliphatic rings. The number of likely N-dealkylation sites (tertiary alicyclic amines) is 2. The summed E-state index contributed by atoms with van der Waals surface area (Å²) in [6.45, 7) is 6.96. The molecule has 0 radical (unpaired) electrons. The molecule has 2 fully saturated rings. The van der Waals surface area contributed by atoms with Gasteiger partial charge in [-0.15, -0.1) is 11.3 Å². The number of hydrogen-bond donors (Lipinski definition) is 0. The third-order valence-corrected chi connectivity index (χ3v) is 5.95. The predicted molar refractivity (Wildman–Crippen MR) is 90.0 cm³/mol. The molecule has 0 aromatic carbocycles. The van der Waals surface area contributed by atoms with Gasteiger partial charge in [-0.3, -0.25) is 9.69 Å². The lowest BCUT2D eigenvalue weighted by Crippen LogP contribution is -2.47. The van der Waals surface area contributed by atoms with E-state index < -0.39 is 0 Å². The summed E-state index contributed by atoms with van der Waals surface area (Å²) in [4.78, 5) is 21.3. The fourth-order valence-corrected chi connectivity index (χ4v) is 4.92. The van der Waals surface area contributed by atoms with E-state index in [1.54, 1.807) is 18.3 Å². The van der Waals surface area contributed by atoms with Gasteiger partial charge in [-0.25, -0.2) is 4.98 Å². The Morgan fingerprint density at radius 3 is 2.86 bits per heavy atom. The zero-order valence-electron chi connectivity index (χ0n) is 13.8. The molecule has 2 saturated heterocycles. The van der Waals surface area contributed by atoms with Gasteiger partial charge in [0.15, 0.2) is 0 Å². The molecular formula is C17H27N3OS. The van der Waals surface area contributed by atoms with Gasteiger partial charge in [0.2, 0.25) is 5.91 Å². The lowest BCUT2D eigenvalue weighted by molar-refractivity contribution is -0.130. The molecule has 4 nitrogen and oxygen atoms in total. The summed E-state index contributed by atoms with van der Waals surface area (Å²) in [6, 6.07) is 0.955. The lowest BCUT2D eigenvalue weighted by atomic mass is 10.0. The van der Waals surface area contributed by atoms with Crippen LogP contribution in [0.5, 0.6) is 0 Å². The van der Waals surface area contributed by atoms with Gasteiger partial charge in [0, 0.05) is 37.5 Å². The second kappa shape index (κ2) is 7.09. The number of thiazole rings is 1. The minimum Gasteiger partial charge on any atom is -0.338 e. The van der Waals surface area contributed by atoms with Crippen LogP contribution in [0.25, 0.3) is 0 Å². The third-order valence-electron chi connectivity index (χ3n) is 4.99. The summed E-state index contributed by atoms with van der Waals surface area (Å²) in [5.74, 6) is 0.244. The first-order valence-corrected chi connectivity index (χ1v) is 9.51. The third kappa shape index (κ3) is 3.35. The van der Waals surface area contributed by atoms with Crippen molar-refractivity contribution < 1.29 is 4.79 Å². The first-order valence-electron chi connectivity index (χ1n) is 8.63. The van der Waals surface area contributed by atoms with Crippen molar-refractivity contribution in [2.45, 2.75) is 71.0 Å². The minimum atomic E-state index is 0.244. The van der Waals surface area contributed by atoms with Crippen LogP contribution >= 0.6 is 11.3 Å². The molecule has 0 bridgehead atoms. The van der Waals surface area contributed by atoms with Crippen molar-refractivity contribution in [1.82, 2.24) is 14.8 Å². The maximum absolute atomic E-state index is 11.9. The van der Waals surface area contributed by atoms with Crippen LogP contribution in [0.3, 0.4) is 0 Å². The largest absolute Gasteiger partial charge is 0.338 e. The first-order chi connectivity index (χ1) is 10.7. The maximum atomic E-state index is 11.9. The van der Waals surface area contributed by atoms with Crippen molar-refractivity contribution in [3.63, 3.8) is 0 Å². The molecule has 122 valence electrons. The van der Waals surface area contributed by atoms with Crippen LogP contribution in [-0.2, 0) is 17.8 Å². The van der Waals surface area contributed by atoms with Gasteiger partial charge in [0.25, 0.3) is 0 Å². The number of amides is 1. The van der Waals surface area contributed by atoms with E-state index in [1.165, 1.54) is 30.0 Å². The fourth-order valence-electron chi connectivity index (χ4n) is 4.03. The second-order valence-electron chi connectivity index (χ2n) is 6.58. The van der Waals surface area contributed by atoms with E-state index in [4.69, 9.17) is 4.98 Å². The molecule has 3 rings (SSSR count). The smallest absolute Gasteiger partial charge is 0.219 e. The number of hydrogen-bond acceptors (Lipinski definition) is 4. The Balaban J connectivity index is 1.66. The number of aromatic nitrogens is 1. The predicted octanol–water partition coefficient (Wildman–Crippen LogP) is 3.07. The van der Waals surface area contributed by atoms with E-state index >= 15 is 0 Å². The van der Waals surface area contributed by atoms with Gasteiger partial charge in [0.05, 0.1) is 10.7 Å². The molecule has 0 saturated carbocycles. The molecule has 5 heteroatoms. The summed E-state index contributed by atoms with van der Waals surface area (Å²) < 4.78 is 0. The monoisotopic (exact) mass is 321 g/mol. The van der Waals surface area contributed by atoms with E-state index in [0.29, 0.717) is 12.1 Å². The molecule has 1 amide bonds. The van der Waals surface area contributed by atoms with E-state index in [1.807, 2.05) is 0 Å². The number of carbonyl (C=O) groups excluding carboxylic acids is 1. The summed E-state index contributed by atoms with van der Waals surface area (Å²) in [6.07, 6.45) is 7.05. The fraction of sp³-hybridized carbons (Fsp3) is 0.765. The standard InChI is InChI=1S/C17H27N3OS/c1-3-6-17-18-14(12-22-17)11-19-9-4-7-15(19)16-8-5-10-20(16)13(2)21/h12,15-16H,3-11H2,1-2H3/t15-,16+/m0/s1. The number of rotatable bonds is 5. The van der Waals surface area contributed by atoms with Crippen LogP contribution in [0, 0.1) is 0 Å². The Morgan fingerprint density at radius 1 is 1.32 bits per heavy atom. The molecule has 2 aliphatic heterocycles. The average Bonchev–Trinajstić information content (AvgIpc) is 3.19. The highest BCUT2D eigenvalue weighted by Crippen LogP contribution is 2.31. The average molecular weight is 321 g/mol. The number of aryl methyl sites for hydroxylation is 1. The van der Waals surface area contributed by atoms with Crippen LogP contribution < -0.4 is 0 Å². The van der Waals surface area contributed by atoms with Crippen LogP contribution in [-0.4, -0.2) is 45.9 Å². The molecular weight excluding hydrogens is 294 g/mol. The molecule has 22 heavy (non-hydrogen) atoms. The zero-order valence-corrected chi connectivity index (χ0v) is 14.6. The van der Waals surface area contributed by atoms with Gasteiger partial charge in [-0.1, -0.05) is 6.92 Å². The van der Waals surface area contributed by atoms with Crippen LogP contribution in [0.1, 0.15) is 56.7 Å². The lowest BCUT2D eigenvalue weighted by Gasteiger charge is -2.34. The van der Waals surface area contributed by atoms with Gasteiger partial charge in [-0.05, 0) is 45.1 Å². The normalized spacial score (nSPS) is 26.0. The molecule has 0 aliphatic carbocycles. The van der Waals surface area contributed by atoms with E-state index in [0.717, 1.165) is 38.9 Å². The highest BCUT2D eigenvalue weighted by atomic mass is 32.1. The topological polar surface area (TPSA) is 36.4 Å². The Bertz CT molecular complexity index is 516. The van der Waals surface area contributed by atoms with Gasteiger partial charge in [-0.2, -0.15) is 0 Å². The van der Waals surface area contributed by atoms with Gasteiger partial charge < -0.3 is 4.90 Å². The summed E-state index contributed by atoms with van der Waals surface area (Å²) in [7, 11) is 0. The second-order valence-corrected chi connectivity index (χ2v) is 7.53. The van der Waals surface area contributed by atoms with Crippen molar-refractivity contribution in [3.05, 3.63) is 16.1 Å². The van der Waals surface area contributed by atoms with E-state index in [2.05, 4.69) is 22.1 Å². The first kappa shape index (κ1) is 15.9. The van der Waals surface area contributed by atoms with E-state index in [-0.39, 0.29) is 5.91 Å². The Labute approximate surface area is 137 Å². The SMILES string of the molecule is CCCc1nc(CN2CCC[C@H]2[C@H]2CCCN2C(C)=O)cs1. The zero-order chi connectivity index (χ0) is 15.5. The van der Waals surface area contributed by atoms with E-state index in [9.17, 15) is 4.79 Å². The highest BCUT2D eigenvalue weighted by molar-refractivity contribution is 7.09. The Hall–Kier alpha value is -0.940. The van der Waals surface area contributed by atoms with Crippen molar-refractivity contribution in [2.24, 2.45) is 0 Å². The number of carbonyl (C=O) groups is 1. The van der Waals surface area contributed by atoms with Gasteiger partial charge >= 0.3 is 0 Å². The molecule has 3 heterocycles. The molecule has 1 aromatic rings. The Morgan fingerprint density at radius 2 is 2.09 bits per heavy atom. The maximum Gasteiger partial charge on any atom is 0.219 e. The van der Waals surface area contributed by atoms with Crippen LogP contribution in [0.4, 0.5) is 0 Å². The van der Waals surface area contributed by atoms with Crippen molar-refractivity contribution in [1.29, 1.82) is 0 Å². The molecule has 1 aromatic heterocycles. The molecule has 0 spiro atoms. The van der Waals surface area contributed by atoms with Crippen molar-refractivity contribution in [2.75, 3.05) is 13.1 Å². The highest BCUT2D eigenvalue weighted by Gasteiger charge is 2.38. The number of nitrogens with zero attached hydrogens (tertiary/aromatic N) is 3. The quantitative estimate of drug-likeness (QED) is 0.836. The summed E-state index contributed by atoms with van der Waals surface area (Å²) in [5.41, 5.74) is 1.22. The minimum absolute atomic E-state index is 0.244. The molecule has 0 unspecified atom stereocenters. The van der Waals surface area contributed by atoms with Crippen LogP contribution in [0.15, 0.2) is 5.38 Å². The van der Waals surface area contributed by atoms with Crippen molar-refractivity contribution in [3.8, 4) is 0 Å². The molecule has 2 atom stereocenters. The molecule has 0 N–H and O–H groups in total. The summed E-state index contributed by atoms with van der Waals surface area (Å²) >= 11 is 1.79.